The smallest absolute Gasteiger partial charge is 0.261 e. The first-order valence-electron chi connectivity index (χ1n) is 8.00. The summed E-state index contributed by atoms with van der Waals surface area (Å²) in [6.07, 6.45) is 1.67. The quantitative estimate of drug-likeness (QED) is 0.600. The topological polar surface area (TPSA) is 62.6 Å². The molecule has 0 saturated carbocycles. The SMILES string of the molecule is C=CCN(Cc1ccc(Cl)s1)C(=O)COc1ccc(C#N)cc1OCC. The highest BCUT2D eigenvalue weighted by Crippen LogP contribution is 2.28. The molecule has 5 nitrogen and oxygen atoms in total. The Hall–Kier alpha value is -2.49. The molecule has 2 aromatic rings. The van der Waals surface area contributed by atoms with Gasteiger partial charge in [0.15, 0.2) is 18.1 Å². The summed E-state index contributed by atoms with van der Waals surface area (Å²) in [4.78, 5) is 15.2. The van der Waals surface area contributed by atoms with Crippen molar-refractivity contribution in [3.63, 3.8) is 0 Å². The molecule has 1 heterocycles. The number of hydrogen-bond acceptors (Lipinski definition) is 5. The van der Waals surface area contributed by atoms with Crippen LogP contribution in [0.25, 0.3) is 0 Å². The van der Waals surface area contributed by atoms with Crippen molar-refractivity contribution in [1.82, 2.24) is 4.90 Å². The maximum absolute atomic E-state index is 12.5. The van der Waals surface area contributed by atoms with Crippen LogP contribution in [-0.2, 0) is 11.3 Å². The van der Waals surface area contributed by atoms with Gasteiger partial charge in [-0.05, 0) is 31.2 Å². The maximum Gasteiger partial charge on any atom is 0.261 e. The predicted molar refractivity (Wildman–Crippen MR) is 103 cm³/mol. The fraction of sp³-hybridized carbons (Fsp3) is 0.263. The van der Waals surface area contributed by atoms with Gasteiger partial charge < -0.3 is 14.4 Å². The summed E-state index contributed by atoms with van der Waals surface area (Å²) >= 11 is 7.38. The number of hydrogen-bond donors (Lipinski definition) is 0. The van der Waals surface area contributed by atoms with E-state index in [0.29, 0.717) is 41.1 Å². The molecule has 0 N–H and O–H groups in total. The predicted octanol–water partition coefficient (Wildman–Crippen LogP) is 4.27. The van der Waals surface area contributed by atoms with E-state index in [9.17, 15) is 4.79 Å². The van der Waals surface area contributed by atoms with Crippen LogP contribution >= 0.6 is 22.9 Å². The van der Waals surface area contributed by atoms with E-state index in [2.05, 4.69) is 12.6 Å². The monoisotopic (exact) mass is 390 g/mol. The van der Waals surface area contributed by atoms with Crippen LogP contribution < -0.4 is 9.47 Å². The molecule has 0 aliphatic rings. The van der Waals surface area contributed by atoms with Crippen molar-refractivity contribution in [1.29, 1.82) is 5.26 Å². The van der Waals surface area contributed by atoms with E-state index in [1.54, 1.807) is 35.2 Å². The number of carbonyl (C=O) groups is 1. The van der Waals surface area contributed by atoms with Crippen LogP contribution in [0.15, 0.2) is 43.0 Å². The highest BCUT2D eigenvalue weighted by molar-refractivity contribution is 7.16. The Morgan fingerprint density at radius 1 is 1.35 bits per heavy atom. The van der Waals surface area contributed by atoms with Crippen LogP contribution in [-0.4, -0.2) is 30.6 Å². The number of nitriles is 1. The summed E-state index contributed by atoms with van der Waals surface area (Å²) in [7, 11) is 0. The number of thiophene rings is 1. The molecule has 0 bridgehead atoms. The minimum absolute atomic E-state index is 0.140. The Morgan fingerprint density at radius 2 is 2.15 bits per heavy atom. The highest BCUT2D eigenvalue weighted by atomic mass is 35.5. The zero-order chi connectivity index (χ0) is 18.9. The van der Waals surface area contributed by atoms with Gasteiger partial charge in [0.05, 0.1) is 29.1 Å². The summed E-state index contributed by atoms with van der Waals surface area (Å²) in [5.41, 5.74) is 0.468. The third-order valence-corrected chi connectivity index (χ3v) is 4.62. The Balaban J connectivity index is 2.05. The Labute approximate surface area is 162 Å². The van der Waals surface area contributed by atoms with Crippen molar-refractivity contribution in [2.45, 2.75) is 13.5 Å². The first kappa shape index (κ1) is 19.8. The lowest BCUT2D eigenvalue weighted by Crippen LogP contribution is -2.34. The largest absolute Gasteiger partial charge is 0.490 e. The van der Waals surface area contributed by atoms with Gasteiger partial charge in [-0.2, -0.15) is 5.26 Å². The van der Waals surface area contributed by atoms with Gasteiger partial charge in [-0.25, -0.2) is 0 Å². The fourth-order valence-electron chi connectivity index (χ4n) is 2.23. The Morgan fingerprint density at radius 3 is 2.77 bits per heavy atom. The van der Waals surface area contributed by atoms with Gasteiger partial charge in [-0.1, -0.05) is 17.7 Å². The summed E-state index contributed by atoms with van der Waals surface area (Å²) < 4.78 is 11.8. The third-order valence-electron chi connectivity index (χ3n) is 3.40. The number of amides is 1. The molecule has 0 atom stereocenters. The molecule has 26 heavy (non-hydrogen) atoms. The molecule has 0 fully saturated rings. The van der Waals surface area contributed by atoms with Crippen LogP contribution in [0.3, 0.4) is 0 Å². The summed E-state index contributed by atoms with van der Waals surface area (Å²) in [5, 5.41) is 8.99. The van der Waals surface area contributed by atoms with Crippen molar-refractivity contribution in [3.8, 4) is 17.6 Å². The van der Waals surface area contributed by atoms with Gasteiger partial charge in [0, 0.05) is 17.5 Å². The van der Waals surface area contributed by atoms with Crippen LogP contribution in [0.5, 0.6) is 11.5 Å². The molecular formula is C19H19ClN2O3S. The van der Waals surface area contributed by atoms with Crippen molar-refractivity contribution < 1.29 is 14.3 Å². The van der Waals surface area contributed by atoms with E-state index in [4.69, 9.17) is 26.3 Å². The summed E-state index contributed by atoms with van der Waals surface area (Å²) in [6.45, 7) is 6.68. The molecule has 7 heteroatoms. The minimum Gasteiger partial charge on any atom is -0.490 e. The van der Waals surface area contributed by atoms with Crippen molar-refractivity contribution in [3.05, 3.63) is 57.8 Å². The van der Waals surface area contributed by atoms with E-state index in [-0.39, 0.29) is 12.5 Å². The van der Waals surface area contributed by atoms with Crippen molar-refractivity contribution >= 4 is 28.8 Å². The molecule has 0 radical (unpaired) electrons. The molecule has 1 aromatic heterocycles. The standard InChI is InChI=1S/C19H19ClN2O3S/c1-3-9-22(12-15-6-8-18(20)26-15)19(23)13-25-16-7-5-14(11-21)10-17(16)24-4-2/h3,5-8,10H,1,4,9,12-13H2,2H3. The van der Waals surface area contributed by atoms with Crippen LogP contribution in [0, 0.1) is 11.3 Å². The third kappa shape index (κ3) is 5.51. The zero-order valence-corrected chi connectivity index (χ0v) is 16.0. The molecule has 0 unspecified atom stereocenters. The lowest BCUT2D eigenvalue weighted by Gasteiger charge is -2.21. The first-order valence-corrected chi connectivity index (χ1v) is 9.19. The number of benzene rings is 1. The molecule has 1 aromatic carbocycles. The average Bonchev–Trinajstić information content (AvgIpc) is 3.05. The molecule has 1 amide bonds. The number of halogens is 1. The van der Waals surface area contributed by atoms with E-state index < -0.39 is 0 Å². The van der Waals surface area contributed by atoms with Crippen LogP contribution in [0.1, 0.15) is 17.4 Å². The zero-order valence-electron chi connectivity index (χ0n) is 14.4. The van der Waals surface area contributed by atoms with E-state index in [1.807, 2.05) is 13.0 Å². The molecule has 0 spiro atoms. The number of ether oxygens (including phenoxy) is 2. The molecule has 0 saturated heterocycles. The second kappa shape index (κ2) is 9.85. The lowest BCUT2D eigenvalue weighted by molar-refractivity contribution is -0.133. The molecule has 2 rings (SSSR count). The second-order valence-corrected chi connectivity index (χ2v) is 7.06. The van der Waals surface area contributed by atoms with E-state index in [1.165, 1.54) is 11.3 Å². The summed E-state index contributed by atoms with van der Waals surface area (Å²) in [6, 6.07) is 10.6. The first-order chi connectivity index (χ1) is 12.6. The fourth-order valence-corrected chi connectivity index (χ4v) is 3.33. The van der Waals surface area contributed by atoms with E-state index in [0.717, 1.165) is 4.88 Å². The van der Waals surface area contributed by atoms with Crippen LogP contribution in [0.4, 0.5) is 0 Å². The molecular weight excluding hydrogens is 372 g/mol. The number of carbonyl (C=O) groups excluding carboxylic acids is 1. The van der Waals surface area contributed by atoms with Gasteiger partial charge in [0.25, 0.3) is 5.91 Å². The Bertz CT molecular complexity index is 813. The summed E-state index contributed by atoms with van der Waals surface area (Å²) in [5.74, 6) is 0.692. The van der Waals surface area contributed by atoms with Gasteiger partial charge in [-0.3, -0.25) is 4.79 Å². The van der Waals surface area contributed by atoms with E-state index >= 15 is 0 Å². The highest BCUT2D eigenvalue weighted by Gasteiger charge is 2.16. The second-order valence-electron chi connectivity index (χ2n) is 5.26. The number of rotatable bonds is 9. The molecule has 0 aliphatic heterocycles. The molecule has 136 valence electrons. The van der Waals surface area contributed by atoms with Gasteiger partial charge in [0.2, 0.25) is 0 Å². The molecule has 0 aliphatic carbocycles. The van der Waals surface area contributed by atoms with Gasteiger partial charge in [0.1, 0.15) is 0 Å². The number of nitrogens with zero attached hydrogens (tertiary/aromatic N) is 2. The maximum atomic E-state index is 12.5. The minimum atomic E-state index is -0.179. The van der Waals surface area contributed by atoms with Gasteiger partial charge in [-0.15, -0.1) is 17.9 Å². The van der Waals surface area contributed by atoms with Crippen LogP contribution in [0.2, 0.25) is 4.34 Å². The van der Waals surface area contributed by atoms with Gasteiger partial charge >= 0.3 is 0 Å². The lowest BCUT2D eigenvalue weighted by atomic mass is 10.2. The Kier molecular flexibility index (Phi) is 7.52. The van der Waals surface area contributed by atoms with Crippen molar-refractivity contribution in [2.75, 3.05) is 19.8 Å². The van der Waals surface area contributed by atoms with Crippen molar-refractivity contribution in [2.24, 2.45) is 0 Å². The normalized spacial score (nSPS) is 10.0. The average molecular weight is 391 g/mol.